The summed E-state index contributed by atoms with van der Waals surface area (Å²) < 4.78 is 6.68. The number of carbonyl (C=O) groups is 2. The standard InChI is InChI=1S/C19H24N4O3/c1-3-26-18(24)17-15-13-23(12-10-16(15)21-22(17)2)19(25)20-11-9-14-7-5-4-6-8-14/h4-8H,3,9-13H2,1-2H3,(H,20,25). The first kappa shape index (κ1) is 18.0. The number of rotatable bonds is 5. The topological polar surface area (TPSA) is 76.5 Å². The predicted octanol–water partition coefficient (Wildman–Crippen LogP) is 1.91. The second kappa shape index (κ2) is 8.03. The molecule has 1 aromatic heterocycles. The van der Waals surface area contributed by atoms with Gasteiger partial charge in [0, 0.05) is 32.1 Å². The number of aryl methyl sites for hydroxylation is 1. The summed E-state index contributed by atoms with van der Waals surface area (Å²) in [6.07, 6.45) is 1.42. The smallest absolute Gasteiger partial charge is 0.356 e. The molecule has 2 aromatic rings. The van der Waals surface area contributed by atoms with E-state index in [1.165, 1.54) is 5.56 Å². The van der Waals surface area contributed by atoms with Crippen molar-refractivity contribution >= 4 is 12.0 Å². The van der Waals surface area contributed by atoms with Gasteiger partial charge in [0.1, 0.15) is 0 Å². The number of hydrogen-bond acceptors (Lipinski definition) is 4. The lowest BCUT2D eigenvalue weighted by atomic mass is 10.1. The van der Waals surface area contributed by atoms with Crippen LogP contribution < -0.4 is 5.32 Å². The average molecular weight is 356 g/mol. The molecule has 2 heterocycles. The molecule has 0 radical (unpaired) electrons. The van der Waals surface area contributed by atoms with Crippen LogP contribution in [0.3, 0.4) is 0 Å². The van der Waals surface area contributed by atoms with Crippen molar-refractivity contribution in [1.82, 2.24) is 20.0 Å². The van der Waals surface area contributed by atoms with Crippen LogP contribution in [0.4, 0.5) is 4.79 Å². The van der Waals surface area contributed by atoms with E-state index in [0.717, 1.165) is 17.7 Å². The zero-order valence-corrected chi connectivity index (χ0v) is 15.2. The molecule has 2 amide bonds. The molecule has 1 aliphatic rings. The molecule has 1 aliphatic heterocycles. The minimum absolute atomic E-state index is 0.120. The van der Waals surface area contributed by atoms with Gasteiger partial charge in [-0.2, -0.15) is 5.10 Å². The molecule has 0 saturated carbocycles. The van der Waals surface area contributed by atoms with Crippen molar-refractivity contribution in [2.75, 3.05) is 19.7 Å². The van der Waals surface area contributed by atoms with E-state index in [1.54, 1.807) is 23.6 Å². The zero-order chi connectivity index (χ0) is 18.5. The molecule has 0 spiro atoms. The number of fused-ring (bicyclic) bond motifs is 1. The van der Waals surface area contributed by atoms with Gasteiger partial charge in [0.2, 0.25) is 0 Å². The Hall–Kier alpha value is -2.83. The van der Waals surface area contributed by atoms with Crippen molar-refractivity contribution in [3.8, 4) is 0 Å². The molecule has 0 aliphatic carbocycles. The molecule has 138 valence electrons. The molecule has 26 heavy (non-hydrogen) atoms. The minimum Gasteiger partial charge on any atom is -0.461 e. The lowest BCUT2D eigenvalue weighted by Crippen LogP contribution is -2.43. The molecule has 7 nitrogen and oxygen atoms in total. The Kier molecular flexibility index (Phi) is 5.55. The van der Waals surface area contributed by atoms with Crippen molar-refractivity contribution < 1.29 is 14.3 Å². The number of aromatic nitrogens is 2. The maximum absolute atomic E-state index is 12.5. The highest BCUT2D eigenvalue weighted by Crippen LogP contribution is 2.22. The summed E-state index contributed by atoms with van der Waals surface area (Å²) in [5.74, 6) is -0.393. The lowest BCUT2D eigenvalue weighted by molar-refractivity contribution is 0.0511. The molecular weight excluding hydrogens is 332 g/mol. The molecule has 0 bridgehead atoms. The Labute approximate surface area is 152 Å². The van der Waals surface area contributed by atoms with Gasteiger partial charge in [-0.1, -0.05) is 30.3 Å². The van der Waals surface area contributed by atoms with Gasteiger partial charge >= 0.3 is 12.0 Å². The monoisotopic (exact) mass is 356 g/mol. The molecule has 0 fully saturated rings. The molecule has 3 rings (SSSR count). The third-order valence-corrected chi connectivity index (χ3v) is 4.48. The fourth-order valence-corrected chi connectivity index (χ4v) is 3.20. The molecule has 0 atom stereocenters. The number of carbonyl (C=O) groups excluding carboxylic acids is 2. The number of urea groups is 1. The van der Waals surface area contributed by atoms with Crippen molar-refractivity contribution in [3.05, 3.63) is 52.8 Å². The van der Waals surface area contributed by atoms with Gasteiger partial charge < -0.3 is 15.0 Å². The number of ether oxygens (including phenoxy) is 1. The van der Waals surface area contributed by atoms with Crippen molar-refractivity contribution in [1.29, 1.82) is 0 Å². The molecule has 7 heteroatoms. The number of amides is 2. The van der Waals surface area contributed by atoms with E-state index >= 15 is 0 Å². The molecule has 0 saturated heterocycles. The van der Waals surface area contributed by atoms with Crippen molar-refractivity contribution in [3.63, 3.8) is 0 Å². The average Bonchev–Trinajstić information content (AvgIpc) is 2.97. The first-order valence-electron chi connectivity index (χ1n) is 8.88. The summed E-state index contributed by atoms with van der Waals surface area (Å²) in [4.78, 5) is 26.4. The third-order valence-electron chi connectivity index (χ3n) is 4.48. The Morgan fingerprint density at radius 3 is 2.77 bits per heavy atom. The summed E-state index contributed by atoms with van der Waals surface area (Å²) in [5.41, 5.74) is 3.27. The van der Waals surface area contributed by atoms with Crippen LogP contribution in [0.25, 0.3) is 0 Å². The van der Waals surface area contributed by atoms with Crippen molar-refractivity contribution in [2.24, 2.45) is 7.05 Å². The largest absolute Gasteiger partial charge is 0.461 e. The highest BCUT2D eigenvalue weighted by Gasteiger charge is 2.29. The van der Waals surface area contributed by atoms with E-state index in [2.05, 4.69) is 10.4 Å². The normalized spacial score (nSPS) is 13.2. The summed E-state index contributed by atoms with van der Waals surface area (Å²) in [6, 6.07) is 9.92. The van der Waals surface area contributed by atoms with Gasteiger partial charge in [-0.15, -0.1) is 0 Å². The van der Waals surface area contributed by atoms with E-state index < -0.39 is 5.97 Å². The lowest BCUT2D eigenvalue weighted by Gasteiger charge is -2.27. The van der Waals surface area contributed by atoms with Crippen LogP contribution >= 0.6 is 0 Å². The van der Waals surface area contributed by atoms with Gasteiger partial charge in [0.25, 0.3) is 0 Å². The number of benzene rings is 1. The van der Waals surface area contributed by atoms with Crippen LogP contribution in [-0.2, 0) is 31.2 Å². The first-order chi connectivity index (χ1) is 12.6. The van der Waals surface area contributed by atoms with Crippen LogP contribution in [0.2, 0.25) is 0 Å². The molecule has 1 aromatic carbocycles. The first-order valence-corrected chi connectivity index (χ1v) is 8.88. The van der Waals surface area contributed by atoms with E-state index in [4.69, 9.17) is 4.74 Å². The van der Waals surface area contributed by atoms with E-state index in [-0.39, 0.29) is 6.03 Å². The zero-order valence-electron chi connectivity index (χ0n) is 15.2. The maximum Gasteiger partial charge on any atom is 0.356 e. The SMILES string of the molecule is CCOC(=O)c1c2c(nn1C)CCN(C(=O)NCCc1ccccc1)C2. The predicted molar refractivity (Wildman–Crippen MR) is 96.8 cm³/mol. The quantitative estimate of drug-likeness (QED) is 0.830. The summed E-state index contributed by atoms with van der Waals surface area (Å²) in [5, 5.41) is 7.36. The number of nitrogens with zero attached hydrogens (tertiary/aromatic N) is 3. The Morgan fingerprint density at radius 2 is 2.04 bits per heavy atom. The number of nitrogens with one attached hydrogen (secondary N) is 1. The van der Waals surface area contributed by atoms with E-state index in [9.17, 15) is 9.59 Å². The van der Waals surface area contributed by atoms with E-state index in [0.29, 0.717) is 38.4 Å². The second-order valence-corrected chi connectivity index (χ2v) is 6.26. The minimum atomic E-state index is -0.393. The van der Waals surface area contributed by atoms with Gasteiger partial charge in [0.15, 0.2) is 5.69 Å². The maximum atomic E-state index is 12.5. The summed E-state index contributed by atoms with van der Waals surface area (Å²) in [7, 11) is 1.73. The highest BCUT2D eigenvalue weighted by molar-refractivity contribution is 5.90. The fraction of sp³-hybridized carbons (Fsp3) is 0.421. The van der Waals surface area contributed by atoms with Crippen LogP contribution in [0.1, 0.15) is 34.2 Å². The van der Waals surface area contributed by atoms with Crippen LogP contribution in [-0.4, -0.2) is 46.4 Å². The van der Waals surface area contributed by atoms with Gasteiger partial charge in [-0.3, -0.25) is 4.68 Å². The fourth-order valence-electron chi connectivity index (χ4n) is 3.20. The second-order valence-electron chi connectivity index (χ2n) is 6.26. The van der Waals surface area contributed by atoms with E-state index in [1.807, 2.05) is 30.3 Å². The Balaban J connectivity index is 1.62. The number of esters is 1. The Morgan fingerprint density at radius 1 is 1.27 bits per heavy atom. The molecular formula is C19H24N4O3. The van der Waals surface area contributed by atoms with Crippen LogP contribution in [0.15, 0.2) is 30.3 Å². The third kappa shape index (κ3) is 3.87. The van der Waals surface area contributed by atoms with Gasteiger partial charge in [-0.25, -0.2) is 9.59 Å². The van der Waals surface area contributed by atoms with Gasteiger partial charge in [-0.05, 0) is 18.9 Å². The summed E-state index contributed by atoms with van der Waals surface area (Å²) >= 11 is 0. The Bertz CT molecular complexity index is 786. The molecule has 0 unspecified atom stereocenters. The van der Waals surface area contributed by atoms with Crippen molar-refractivity contribution in [2.45, 2.75) is 26.3 Å². The van der Waals surface area contributed by atoms with Gasteiger partial charge in [0.05, 0.1) is 18.8 Å². The number of hydrogen-bond donors (Lipinski definition) is 1. The summed E-state index contributed by atoms with van der Waals surface area (Å²) in [6.45, 7) is 3.61. The molecule has 1 N–H and O–H groups in total. The van der Waals surface area contributed by atoms with Crippen LogP contribution in [0.5, 0.6) is 0 Å². The highest BCUT2D eigenvalue weighted by atomic mass is 16.5. The van der Waals surface area contributed by atoms with Crippen LogP contribution in [0, 0.1) is 0 Å².